The fraction of sp³-hybridized carbons (Fsp3) is 0.571. The molecule has 70 valence electrons. The zero-order valence-electron chi connectivity index (χ0n) is 7.20. The molecule has 0 radical (unpaired) electrons. The molecule has 1 heterocycles. The van der Waals surface area contributed by atoms with Gasteiger partial charge in [-0.1, -0.05) is 0 Å². The number of carbonyl (C=O) groups excluding carboxylic acids is 1. The number of hydrogen-bond acceptors (Lipinski definition) is 4. The van der Waals surface area contributed by atoms with E-state index >= 15 is 0 Å². The summed E-state index contributed by atoms with van der Waals surface area (Å²) in [6.07, 6.45) is 1.94. The molecule has 13 heavy (non-hydrogen) atoms. The maximum Gasteiger partial charge on any atom is 0.336 e. The number of methoxy groups -OCH3 is 1. The van der Waals surface area contributed by atoms with E-state index in [1.54, 1.807) is 0 Å². The van der Waals surface area contributed by atoms with Gasteiger partial charge in [-0.2, -0.15) is 4.98 Å². The SMILES string of the molecule is COc1n[nH]c(NC(=O)C2CC2)n1. The summed E-state index contributed by atoms with van der Waals surface area (Å²) in [4.78, 5) is 15.1. The summed E-state index contributed by atoms with van der Waals surface area (Å²) in [7, 11) is 1.47. The van der Waals surface area contributed by atoms with Crippen molar-refractivity contribution < 1.29 is 9.53 Å². The van der Waals surface area contributed by atoms with Gasteiger partial charge in [-0.3, -0.25) is 10.1 Å². The van der Waals surface area contributed by atoms with Gasteiger partial charge in [0.05, 0.1) is 7.11 Å². The van der Waals surface area contributed by atoms with Crippen molar-refractivity contribution in [1.29, 1.82) is 0 Å². The first-order valence-electron chi connectivity index (χ1n) is 4.07. The van der Waals surface area contributed by atoms with Crippen molar-refractivity contribution in [3.8, 4) is 6.01 Å². The van der Waals surface area contributed by atoms with Crippen molar-refractivity contribution in [1.82, 2.24) is 15.2 Å². The molecule has 0 aromatic carbocycles. The van der Waals surface area contributed by atoms with Gasteiger partial charge in [0, 0.05) is 5.92 Å². The van der Waals surface area contributed by atoms with Crippen LogP contribution in [0, 0.1) is 5.92 Å². The highest BCUT2D eigenvalue weighted by Crippen LogP contribution is 2.29. The van der Waals surface area contributed by atoms with Gasteiger partial charge in [0.2, 0.25) is 11.9 Å². The minimum absolute atomic E-state index is 0.00111. The van der Waals surface area contributed by atoms with Crippen LogP contribution in [0.3, 0.4) is 0 Å². The Bertz CT molecular complexity index is 318. The zero-order valence-corrected chi connectivity index (χ0v) is 7.20. The van der Waals surface area contributed by atoms with Gasteiger partial charge in [-0.15, -0.1) is 5.10 Å². The Morgan fingerprint density at radius 3 is 3.00 bits per heavy atom. The zero-order chi connectivity index (χ0) is 9.26. The van der Waals surface area contributed by atoms with Crippen LogP contribution in [-0.4, -0.2) is 28.2 Å². The molecule has 2 rings (SSSR count). The van der Waals surface area contributed by atoms with Crippen molar-refractivity contribution in [2.45, 2.75) is 12.8 Å². The molecule has 0 saturated heterocycles. The molecule has 6 heteroatoms. The lowest BCUT2D eigenvalue weighted by Gasteiger charge is -1.96. The molecule has 1 amide bonds. The maximum atomic E-state index is 11.2. The monoisotopic (exact) mass is 182 g/mol. The summed E-state index contributed by atoms with van der Waals surface area (Å²) in [6, 6.07) is 0.228. The second-order valence-electron chi connectivity index (χ2n) is 2.93. The van der Waals surface area contributed by atoms with Gasteiger partial charge in [-0.05, 0) is 12.8 Å². The lowest BCUT2D eigenvalue weighted by Crippen LogP contribution is -2.14. The van der Waals surface area contributed by atoms with Crippen LogP contribution in [0.5, 0.6) is 6.01 Å². The number of ether oxygens (including phenoxy) is 1. The summed E-state index contributed by atoms with van der Waals surface area (Å²) in [5.41, 5.74) is 0. The third-order valence-electron chi connectivity index (χ3n) is 1.84. The first-order chi connectivity index (χ1) is 6.29. The smallest absolute Gasteiger partial charge is 0.336 e. The molecule has 0 spiro atoms. The quantitative estimate of drug-likeness (QED) is 0.697. The predicted octanol–water partition coefficient (Wildman–Crippen LogP) is 0.162. The number of amides is 1. The molecule has 1 aliphatic rings. The Morgan fingerprint density at radius 2 is 2.46 bits per heavy atom. The van der Waals surface area contributed by atoms with Gasteiger partial charge in [0.25, 0.3) is 0 Å². The third kappa shape index (κ3) is 1.77. The molecule has 1 aromatic heterocycles. The third-order valence-corrected chi connectivity index (χ3v) is 1.84. The Labute approximate surface area is 74.7 Å². The van der Waals surface area contributed by atoms with E-state index in [-0.39, 0.29) is 17.8 Å². The average molecular weight is 182 g/mol. The van der Waals surface area contributed by atoms with Gasteiger partial charge in [0.15, 0.2) is 0 Å². The minimum Gasteiger partial charge on any atom is -0.466 e. The van der Waals surface area contributed by atoms with Gasteiger partial charge in [0.1, 0.15) is 0 Å². The van der Waals surface area contributed by atoms with Gasteiger partial charge in [-0.25, -0.2) is 5.10 Å². The first kappa shape index (κ1) is 8.03. The second kappa shape index (κ2) is 3.04. The predicted molar refractivity (Wildman–Crippen MR) is 44.3 cm³/mol. The van der Waals surface area contributed by atoms with Gasteiger partial charge < -0.3 is 4.74 Å². The largest absolute Gasteiger partial charge is 0.466 e. The fourth-order valence-corrected chi connectivity index (χ4v) is 0.958. The summed E-state index contributed by atoms with van der Waals surface area (Å²) in [5.74, 6) is 0.503. The number of nitrogens with zero attached hydrogens (tertiary/aromatic N) is 2. The van der Waals surface area contributed by atoms with Gasteiger partial charge >= 0.3 is 6.01 Å². The molecule has 0 aliphatic heterocycles. The van der Waals surface area contributed by atoms with Crippen molar-refractivity contribution in [3.05, 3.63) is 0 Å². The second-order valence-corrected chi connectivity index (χ2v) is 2.93. The van der Waals surface area contributed by atoms with Crippen molar-refractivity contribution in [2.75, 3.05) is 12.4 Å². The number of anilines is 1. The number of aromatic nitrogens is 3. The van der Waals surface area contributed by atoms with E-state index in [0.717, 1.165) is 12.8 Å². The standard InChI is InChI=1S/C7H10N4O2/c1-13-7-9-6(10-11-7)8-5(12)4-2-3-4/h4H,2-3H2,1H3,(H2,8,9,10,11,12). The fourth-order valence-electron chi connectivity index (χ4n) is 0.958. The van der Waals surface area contributed by atoms with Crippen LogP contribution < -0.4 is 10.1 Å². The lowest BCUT2D eigenvalue weighted by molar-refractivity contribution is -0.117. The summed E-state index contributed by atoms with van der Waals surface area (Å²) < 4.78 is 4.75. The van der Waals surface area contributed by atoms with Crippen LogP contribution in [0.4, 0.5) is 5.95 Å². The molecule has 0 unspecified atom stereocenters. The molecular formula is C7H10N4O2. The first-order valence-corrected chi connectivity index (χ1v) is 4.07. The van der Waals surface area contributed by atoms with E-state index in [9.17, 15) is 4.79 Å². The number of H-pyrrole nitrogens is 1. The van der Waals surface area contributed by atoms with E-state index in [1.165, 1.54) is 7.11 Å². The number of hydrogen-bond donors (Lipinski definition) is 2. The summed E-state index contributed by atoms with van der Waals surface area (Å²) in [6.45, 7) is 0. The van der Waals surface area contributed by atoms with Crippen LogP contribution in [0.1, 0.15) is 12.8 Å². The molecule has 6 nitrogen and oxygen atoms in total. The van der Waals surface area contributed by atoms with E-state index < -0.39 is 0 Å². The van der Waals surface area contributed by atoms with Crippen LogP contribution in [0.2, 0.25) is 0 Å². The Balaban J connectivity index is 1.96. The average Bonchev–Trinajstić information content (AvgIpc) is 2.88. The normalized spacial score (nSPS) is 15.5. The Morgan fingerprint density at radius 1 is 1.69 bits per heavy atom. The molecule has 1 aromatic rings. The highest BCUT2D eigenvalue weighted by atomic mass is 16.5. The molecule has 1 fully saturated rings. The van der Waals surface area contributed by atoms with Crippen molar-refractivity contribution >= 4 is 11.9 Å². The number of carbonyl (C=O) groups is 1. The van der Waals surface area contributed by atoms with Crippen LogP contribution in [0.25, 0.3) is 0 Å². The Hall–Kier alpha value is -1.59. The molecule has 0 bridgehead atoms. The lowest BCUT2D eigenvalue weighted by atomic mass is 10.4. The molecule has 2 N–H and O–H groups in total. The highest BCUT2D eigenvalue weighted by Gasteiger charge is 2.30. The highest BCUT2D eigenvalue weighted by molar-refractivity contribution is 5.92. The molecule has 1 aliphatic carbocycles. The van der Waals surface area contributed by atoms with E-state index in [1.807, 2.05) is 0 Å². The molecular weight excluding hydrogens is 172 g/mol. The molecule has 0 atom stereocenters. The minimum atomic E-state index is -0.00111. The van der Waals surface area contributed by atoms with E-state index in [0.29, 0.717) is 5.95 Å². The topological polar surface area (TPSA) is 79.9 Å². The van der Waals surface area contributed by atoms with E-state index in [4.69, 9.17) is 4.74 Å². The Kier molecular flexibility index (Phi) is 1.88. The number of nitrogens with one attached hydrogen (secondary N) is 2. The summed E-state index contributed by atoms with van der Waals surface area (Å²) >= 11 is 0. The van der Waals surface area contributed by atoms with E-state index in [2.05, 4.69) is 20.5 Å². The number of aromatic amines is 1. The van der Waals surface area contributed by atoms with Crippen LogP contribution in [0.15, 0.2) is 0 Å². The van der Waals surface area contributed by atoms with Crippen molar-refractivity contribution in [3.63, 3.8) is 0 Å². The maximum absolute atomic E-state index is 11.2. The molecule has 1 saturated carbocycles. The van der Waals surface area contributed by atoms with Crippen LogP contribution in [-0.2, 0) is 4.79 Å². The van der Waals surface area contributed by atoms with Crippen LogP contribution >= 0.6 is 0 Å². The summed E-state index contributed by atoms with van der Waals surface area (Å²) in [5, 5.41) is 8.86. The number of rotatable bonds is 3. The van der Waals surface area contributed by atoms with Crippen molar-refractivity contribution in [2.24, 2.45) is 5.92 Å².